The zero-order valence-corrected chi connectivity index (χ0v) is 12.7. The molecule has 94 valence electrons. The molecule has 2 rings (SSSR count). The lowest BCUT2D eigenvalue weighted by Gasteiger charge is -2.18. The molecule has 0 bridgehead atoms. The molecule has 2 aromatic rings. The molecular weight excluding hydrogens is 310 g/mol. The molecule has 0 aliphatic heterocycles. The van der Waals surface area contributed by atoms with Gasteiger partial charge >= 0.3 is 0 Å². The Morgan fingerprint density at radius 2 is 2.17 bits per heavy atom. The van der Waals surface area contributed by atoms with Gasteiger partial charge in [-0.1, -0.05) is 22.0 Å². The zero-order valence-electron chi connectivity index (χ0n) is 10.3. The summed E-state index contributed by atoms with van der Waals surface area (Å²) in [6.45, 7) is 2.60. The minimum Gasteiger partial charge on any atom is -0.337 e. The van der Waals surface area contributed by atoms with Crippen molar-refractivity contribution in [2.24, 2.45) is 0 Å². The highest BCUT2D eigenvalue weighted by atomic mass is 79.9. The van der Waals surface area contributed by atoms with Crippen molar-refractivity contribution in [3.63, 3.8) is 0 Å². The molecule has 2 nitrogen and oxygen atoms in total. The van der Waals surface area contributed by atoms with E-state index in [1.165, 1.54) is 5.56 Å². The van der Waals surface area contributed by atoms with Crippen LogP contribution in [0.2, 0.25) is 0 Å². The van der Waals surface area contributed by atoms with E-state index in [9.17, 15) is 4.79 Å². The summed E-state index contributed by atoms with van der Waals surface area (Å²) in [5.74, 6) is 0.0556. The smallest absolute Gasteiger partial charge is 0.254 e. The molecule has 0 aliphatic carbocycles. The van der Waals surface area contributed by atoms with E-state index in [0.29, 0.717) is 6.54 Å². The number of thiophene rings is 1. The van der Waals surface area contributed by atoms with Crippen molar-refractivity contribution in [2.75, 3.05) is 7.05 Å². The van der Waals surface area contributed by atoms with E-state index in [4.69, 9.17) is 0 Å². The monoisotopic (exact) mass is 323 g/mol. The van der Waals surface area contributed by atoms with Crippen molar-refractivity contribution >= 4 is 33.2 Å². The number of halogens is 1. The number of hydrogen-bond acceptors (Lipinski definition) is 2. The van der Waals surface area contributed by atoms with Gasteiger partial charge in [-0.15, -0.1) is 0 Å². The largest absolute Gasteiger partial charge is 0.337 e. The van der Waals surface area contributed by atoms with Crippen LogP contribution in [0.4, 0.5) is 0 Å². The van der Waals surface area contributed by atoms with Gasteiger partial charge in [-0.3, -0.25) is 4.79 Å². The van der Waals surface area contributed by atoms with Gasteiger partial charge < -0.3 is 4.90 Å². The number of benzene rings is 1. The van der Waals surface area contributed by atoms with Gasteiger partial charge in [0.25, 0.3) is 5.91 Å². The third-order valence-electron chi connectivity index (χ3n) is 2.78. The summed E-state index contributed by atoms with van der Waals surface area (Å²) in [6.07, 6.45) is 0. The highest BCUT2D eigenvalue weighted by Crippen LogP contribution is 2.18. The summed E-state index contributed by atoms with van der Waals surface area (Å²) >= 11 is 5.05. The number of amides is 1. The Kier molecular flexibility index (Phi) is 4.19. The summed E-state index contributed by atoms with van der Waals surface area (Å²) in [5.41, 5.74) is 2.92. The number of carbonyl (C=O) groups is 1. The van der Waals surface area contributed by atoms with E-state index in [2.05, 4.69) is 21.3 Å². The molecule has 0 saturated heterocycles. The minimum absolute atomic E-state index is 0.0556. The van der Waals surface area contributed by atoms with Crippen LogP contribution in [0.3, 0.4) is 0 Å². The number of nitrogens with zero attached hydrogens (tertiary/aromatic N) is 1. The summed E-state index contributed by atoms with van der Waals surface area (Å²) in [4.78, 5) is 14.1. The molecule has 0 fully saturated rings. The Morgan fingerprint density at radius 3 is 2.83 bits per heavy atom. The average Bonchev–Trinajstić information content (AvgIpc) is 2.84. The molecule has 4 heteroatoms. The van der Waals surface area contributed by atoms with Crippen LogP contribution in [-0.2, 0) is 6.54 Å². The van der Waals surface area contributed by atoms with Crippen LogP contribution in [0.25, 0.3) is 0 Å². The van der Waals surface area contributed by atoms with E-state index >= 15 is 0 Å². The van der Waals surface area contributed by atoms with Gasteiger partial charge in [0.15, 0.2) is 0 Å². The zero-order chi connectivity index (χ0) is 13.1. The van der Waals surface area contributed by atoms with Crippen LogP contribution in [0, 0.1) is 6.92 Å². The van der Waals surface area contributed by atoms with Gasteiger partial charge in [0, 0.05) is 23.6 Å². The van der Waals surface area contributed by atoms with Crippen LogP contribution < -0.4 is 0 Å². The van der Waals surface area contributed by atoms with Crippen molar-refractivity contribution in [3.05, 3.63) is 56.2 Å². The second-order valence-electron chi connectivity index (χ2n) is 4.25. The predicted octanol–water partition coefficient (Wildman–Crippen LogP) is 4.09. The van der Waals surface area contributed by atoms with Gasteiger partial charge in [-0.2, -0.15) is 11.3 Å². The average molecular weight is 324 g/mol. The van der Waals surface area contributed by atoms with Crippen LogP contribution in [0.5, 0.6) is 0 Å². The first kappa shape index (κ1) is 13.3. The maximum absolute atomic E-state index is 12.4. The molecule has 1 aromatic carbocycles. The molecule has 0 spiro atoms. The van der Waals surface area contributed by atoms with Crippen LogP contribution in [0.15, 0.2) is 39.5 Å². The molecular formula is C14H14BrNOS. The number of hydrogen-bond donors (Lipinski definition) is 0. The topological polar surface area (TPSA) is 20.3 Å². The number of carbonyl (C=O) groups excluding carboxylic acids is 1. The maximum atomic E-state index is 12.4. The van der Waals surface area contributed by atoms with Crippen molar-refractivity contribution < 1.29 is 4.79 Å². The Bertz CT molecular complexity index is 551. The Balaban J connectivity index is 2.17. The van der Waals surface area contributed by atoms with Gasteiger partial charge in [0.1, 0.15) is 0 Å². The summed E-state index contributed by atoms with van der Waals surface area (Å²) < 4.78 is 0.931. The molecule has 0 N–H and O–H groups in total. The van der Waals surface area contributed by atoms with Crippen LogP contribution in [0.1, 0.15) is 21.5 Å². The Morgan fingerprint density at radius 1 is 1.39 bits per heavy atom. The first-order valence-corrected chi connectivity index (χ1v) is 7.34. The normalized spacial score (nSPS) is 10.4. The highest BCUT2D eigenvalue weighted by Gasteiger charge is 2.14. The summed E-state index contributed by atoms with van der Waals surface area (Å²) in [7, 11) is 1.83. The fourth-order valence-corrected chi connectivity index (χ4v) is 2.78. The van der Waals surface area contributed by atoms with E-state index in [1.807, 2.05) is 43.6 Å². The van der Waals surface area contributed by atoms with Gasteiger partial charge in [-0.25, -0.2) is 0 Å². The van der Waals surface area contributed by atoms with Crippen molar-refractivity contribution in [3.8, 4) is 0 Å². The molecule has 0 unspecified atom stereocenters. The molecule has 1 aromatic heterocycles. The molecule has 1 amide bonds. The Hall–Kier alpha value is -1.13. The van der Waals surface area contributed by atoms with Gasteiger partial charge in [0.2, 0.25) is 0 Å². The second-order valence-corrected chi connectivity index (χ2v) is 5.95. The quantitative estimate of drug-likeness (QED) is 0.833. The number of aryl methyl sites for hydroxylation is 1. The first-order chi connectivity index (χ1) is 8.58. The van der Waals surface area contributed by atoms with E-state index in [0.717, 1.165) is 15.6 Å². The highest BCUT2D eigenvalue weighted by molar-refractivity contribution is 9.10. The Labute approximate surface area is 119 Å². The molecule has 1 heterocycles. The van der Waals surface area contributed by atoms with E-state index in [1.54, 1.807) is 16.2 Å². The van der Waals surface area contributed by atoms with Crippen LogP contribution >= 0.6 is 27.3 Å². The molecule has 0 saturated carbocycles. The molecule has 0 radical (unpaired) electrons. The standard InChI is InChI=1S/C14H14BrNOS/c1-10-3-4-12(15)7-13(10)14(17)16(2)8-11-5-6-18-9-11/h3-7,9H,8H2,1-2H3. The molecule has 0 atom stereocenters. The van der Waals surface area contributed by atoms with Crippen molar-refractivity contribution in [1.82, 2.24) is 4.90 Å². The van der Waals surface area contributed by atoms with Gasteiger partial charge in [-0.05, 0) is 47.0 Å². The fourth-order valence-electron chi connectivity index (χ4n) is 1.76. The summed E-state index contributed by atoms with van der Waals surface area (Å²) in [6, 6.07) is 7.82. The first-order valence-electron chi connectivity index (χ1n) is 5.60. The lowest BCUT2D eigenvalue weighted by atomic mass is 10.1. The van der Waals surface area contributed by atoms with Crippen LogP contribution in [-0.4, -0.2) is 17.9 Å². The minimum atomic E-state index is 0.0556. The van der Waals surface area contributed by atoms with Gasteiger partial charge in [0.05, 0.1) is 0 Å². The lowest BCUT2D eigenvalue weighted by Crippen LogP contribution is -2.26. The lowest BCUT2D eigenvalue weighted by molar-refractivity contribution is 0.0784. The SMILES string of the molecule is Cc1ccc(Br)cc1C(=O)N(C)Cc1ccsc1. The van der Waals surface area contributed by atoms with Crippen molar-refractivity contribution in [1.29, 1.82) is 0 Å². The predicted molar refractivity (Wildman–Crippen MR) is 79.0 cm³/mol. The third-order valence-corrected chi connectivity index (χ3v) is 4.00. The maximum Gasteiger partial charge on any atom is 0.254 e. The van der Waals surface area contributed by atoms with E-state index < -0.39 is 0 Å². The summed E-state index contributed by atoms with van der Waals surface area (Å²) in [5, 5.41) is 4.09. The van der Waals surface area contributed by atoms with Crippen molar-refractivity contribution in [2.45, 2.75) is 13.5 Å². The number of rotatable bonds is 3. The third kappa shape index (κ3) is 3.00. The molecule has 18 heavy (non-hydrogen) atoms. The second kappa shape index (κ2) is 5.67. The molecule has 0 aliphatic rings. The van der Waals surface area contributed by atoms with E-state index in [-0.39, 0.29) is 5.91 Å². The fraction of sp³-hybridized carbons (Fsp3) is 0.214.